The van der Waals surface area contributed by atoms with E-state index in [0.717, 1.165) is 5.69 Å². The van der Waals surface area contributed by atoms with Crippen LogP contribution in [0, 0.1) is 22.7 Å². The molecule has 0 aliphatic carbocycles. The Morgan fingerprint density at radius 2 is 1.93 bits per heavy atom. The minimum atomic E-state index is 0.132. The Kier molecular flexibility index (Phi) is 3.52. The zero-order valence-corrected chi connectivity index (χ0v) is 7.99. The van der Waals surface area contributed by atoms with Gasteiger partial charge in [0.1, 0.15) is 0 Å². The molecule has 3 heteroatoms. The van der Waals surface area contributed by atoms with Gasteiger partial charge in [0.2, 0.25) is 0 Å². The third-order valence-corrected chi connectivity index (χ3v) is 1.82. The van der Waals surface area contributed by atoms with E-state index < -0.39 is 0 Å². The molecule has 1 rings (SSSR count). The number of nitrogens with zero attached hydrogens (tertiary/aromatic N) is 2. The molecule has 1 aromatic rings. The molecule has 0 saturated carbocycles. The van der Waals surface area contributed by atoms with Crippen LogP contribution in [0.15, 0.2) is 24.3 Å². The third kappa shape index (κ3) is 2.80. The van der Waals surface area contributed by atoms with Gasteiger partial charge in [0.05, 0.1) is 24.1 Å². The summed E-state index contributed by atoms with van der Waals surface area (Å²) < 4.78 is 0. The number of hydrogen-bond acceptors (Lipinski definition) is 3. The van der Waals surface area contributed by atoms with Gasteiger partial charge in [0, 0.05) is 11.7 Å². The first kappa shape index (κ1) is 10.1. The Bertz CT molecular complexity index is 367. The average molecular weight is 185 g/mol. The largest absolute Gasteiger partial charge is 0.382 e. The van der Waals surface area contributed by atoms with Crippen LogP contribution in [-0.4, -0.2) is 6.04 Å². The topological polar surface area (TPSA) is 59.6 Å². The summed E-state index contributed by atoms with van der Waals surface area (Å²) in [7, 11) is 0. The quantitative estimate of drug-likeness (QED) is 0.785. The Morgan fingerprint density at radius 3 is 2.43 bits per heavy atom. The van der Waals surface area contributed by atoms with Gasteiger partial charge in [-0.2, -0.15) is 10.5 Å². The molecule has 1 atom stereocenters. The fourth-order valence-corrected chi connectivity index (χ4v) is 1.11. The summed E-state index contributed by atoms with van der Waals surface area (Å²) in [5, 5.41) is 20.2. The molecular weight excluding hydrogens is 174 g/mol. The Hall–Kier alpha value is -2.00. The van der Waals surface area contributed by atoms with Crippen molar-refractivity contribution in [3.05, 3.63) is 29.8 Å². The van der Waals surface area contributed by atoms with Gasteiger partial charge >= 0.3 is 0 Å². The lowest BCUT2D eigenvalue weighted by atomic mass is 10.2. The first-order chi connectivity index (χ1) is 6.76. The third-order valence-electron chi connectivity index (χ3n) is 1.82. The molecule has 14 heavy (non-hydrogen) atoms. The molecule has 1 aromatic carbocycles. The van der Waals surface area contributed by atoms with Crippen LogP contribution >= 0.6 is 0 Å². The van der Waals surface area contributed by atoms with Gasteiger partial charge < -0.3 is 5.32 Å². The average Bonchev–Trinajstić information content (AvgIpc) is 2.19. The summed E-state index contributed by atoms with van der Waals surface area (Å²) in [4.78, 5) is 0. The second-order valence-corrected chi connectivity index (χ2v) is 3.10. The lowest BCUT2D eigenvalue weighted by molar-refractivity contribution is 0.821. The maximum absolute atomic E-state index is 8.58. The SMILES string of the molecule is CC(CC#N)Nc1ccc(C#N)cc1. The molecule has 0 bridgehead atoms. The van der Waals surface area contributed by atoms with Crippen LogP contribution in [-0.2, 0) is 0 Å². The number of benzene rings is 1. The highest BCUT2D eigenvalue weighted by molar-refractivity contribution is 5.47. The molecular formula is C11H11N3. The smallest absolute Gasteiger partial charge is 0.0991 e. The molecule has 3 nitrogen and oxygen atoms in total. The van der Waals surface area contributed by atoms with Gasteiger partial charge in [-0.05, 0) is 31.2 Å². The van der Waals surface area contributed by atoms with E-state index in [1.807, 2.05) is 19.1 Å². The van der Waals surface area contributed by atoms with Crippen molar-refractivity contribution < 1.29 is 0 Å². The fraction of sp³-hybridized carbons (Fsp3) is 0.273. The van der Waals surface area contributed by atoms with Gasteiger partial charge in [0.15, 0.2) is 0 Å². The van der Waals surface area contributed by atoms with Crippen molar-refractivity contribution in [2.75, 3.05) is 5.32 Å². The van der Waals surface area contributed by atoms with Crippen LogP contribution in [0.4, 0.5) is 5.69 Å². The van der Waals surface area contributed by atoms with E-state index in [2.05, 4.69) is 17.5 Å². The van der Waals surface area contributed by atoms with E-state index in [-0.39, 0.29) is 6.04 Å². The number of hydrogen-bond donors (Lipinski definition) is 1. The van der Waals surface area contributed by atoms with Crippen LogP contribution in [0.2, 0.25) is 0 Å². The molecule has 1 unspecified atom stereocenters. The highest BCUT2D eigenvalue weighted by atomic mass is 14.9. The minimum Gasteiger partial charge on any atom is -0.382 e. The number of nitriles is 2. The highest BCUT2D eigenvalue weighted by Gasteiger charge is 2.00. The number of nitrogens with one attached hydrogen (secondary N) is 1. The predicted octanol–water partition coefficient (Wildman–Crippen LogP) is 2.27. The molecule has 0 amide bonds. The van der Waals surface area contributed by atoms with Crippen molar-refractivity contribution >= 4 is 5.69 Å². The molecule has 0 aliphatic heterocycles. The van der Waals surface area contributed by atoms with E-state index in [1.165, 1.54) is 0 Å². The predicted molar refractivity (Wildman–Crippen MR) is 54.5 cm³/mol. The van der Waals surface area contributed by atoms with Gasteiger partial charge in [0.25, 0.3) is 0 Å². The fourth-order valence-electron chi connectivity index (χ4n) is 1.11. The van der Waals surface area contributed by atoms with Crippen molar-refractivity contribution in [2.45, 2.75) is 19.4 Å². The summed E-state index contributed by atoms with van der Waals surface area (Å²) in [6, 6.07) is 11.5. The van der Waals surface area contributed by atoms with E-state index in [4.69, 9.17) is 10.5 Å². The number of anilines is 1. The summed E-state index contributed by atoms with van der Waals surface area (Å²) >= 11 is 0. The zero-order chi connectivity index (χ0) is 10.4. The van der Waals surface area contributed by atoms with Crippen LogP contribution in [0.25, 0.3) is 0 Å². The molecule has 1 N–H and O–H groups in total. The maximum Gasteiger partial charge on any atom is 0.0991 e. The van der Waals surface area contributed by atoms with Crippen molar-refractivity contribution in [1.29, 1.82) is 10.5 Å². The molecule has 70 valence electrons. The van der Waals surface area contributed by atoms with Gasteiger partial charge in [-0.1, -0.05) is 0 Å². The Balaban J connectivity index is 2.61. The standard InChI is InChI=1S/C11H11N3/c1-9(6-7-12)14-11-4-2-10(8-13)3-5-11/h2-5,9,14H,6H2,1H3. The van der Waals surface area contributed by atoms with Crippen LogP contribution in [0.5, 0.6) is 0 Å². The first-order valence-electron chi connectivity index (χ1n) is 4.40. The molecule has 0 aromatic heterocycles. The molecule has 0 fully saturated rings. The van der Waals surface area contributed by atoms with Crippen molar-refractivity contribution in [1.82, 2.24) is 0 Å². The van der Waals surface area contributed by atoms with E-state index >= 15 is 0 Å². The molecule has 0 heterocycles. The van der Waals surface area contributed by atoms with E-state index in [0.29, 0.717) is 12.0 Å². The first-order valence-corrected chi connectivity index (χ1v) is 4.40. The lowest BCUT2D eigenvalue weighted by Crippen LogP contribution is -2.13. The Labute approximate surface area is 83.6 Å². The monoisotopic (exact) mass is 185 g/mol. The summed E-state index contributed by atoms with van der Waals surface area (Å²) in [6.07, 6.45) is 0.472. The second kappa shape index (κ2) is 4.89. The summed E-state index contributed by atoms with van der Waals surface area (Å²) in [5.41, 5.74) is 1.58. The second-order valence-electron chi connectivity index (χ2n) is 3.10. The summed E-state index contributed by atoms with van der Waals surface area (Å²) in [6.45, 7) is 1.95. The van der Waals surface area contributed by atoms with E-state index in [9.17, 15) is 0 Å². The molecule has 0 radical (unpaired) electrons. The Morgan fingerprint density at radius 1 is 1.29 bits per heavy atom. The minimum absolute atomic E-state index is 0.132. The van der Waals surface area contributed by atoms with Crippen LogP contribution in [0.3, 0.4) is 0 Å². The van der Waals surface area contributed by atoms with E-state index in [1.54, 1.807) is 12.1 Å². The van der Waals surface area contributed by atoms with Gasteiger partial charge in [-0.3, -0.25) is 0 Å². The van der Waals surface area contributed by atoms with Crippen molar-refractivity contribution in [3.63, 3.8) is 0 Å². The highest BCUT2D eigenvalue weighted by Crippen LogP contribution is 2.10. The maximum atomic E-state index is 8.58. The van der Waals surface area contributed by atoms with Crippen molar-refractivity contribution in [3.8, 4) is 12.1 Å². The zero-order valence-electron chi connectivity index (χ0n) is 7.99. The molecule has 0 aliphatic rings. The normalized spacial score (nSPS) is 11.1. The van der Waals surface area contributed by atoms with Gasteiger partial charge in [-0.15, -0.1) is 0 Å². The molecule has 0 saturated heterocycles. The van der Waals surface area contributed by atoms with Crippen LogP contribution < -0.4 is 5.32 Å². The van der Waals surface area contributed by atoms with Crippen LogP contribution in [0.1, 0.15) is 18.9 Å². The lowest BCUT2D eigenvalue weighted by Gasteiger charge is -2.11. The molecule has 0 spiro atoms. The summed E-state index contributed by atoms with van der Waals surface area (Å²) in [5.74, 6) is 0. The van der Waals surface area contributed by atoms with Crippen molar-refractivity contribution in [2.24, 2.45) is 0 Å². The van der Waals surface area contributed by atoms with Gasteiger partial charge in [-0.25, -0.2) is 0 Å². The number of rotatable bonds is 3.